The van der Waals surface area contributed by atoms with Gasteiger partial charge in [0.15, 0.2) is 0 Å². The topological polar surface area (TPSA) is 16.4 Å². The van der Waals surface area contributed by atoms with Gasteiger partial charge in [0, 0.05) is 53.6 Å². The predicted octanol–water partition coefficient (Wildman–Crippen LogP) is 15.6. The lowest BCUT2D eigenvalue weighted by molar-refractivity contribution is 0.670. The zero-order valence-corrected chi connectivity index (χ0v) is 30.6. The van der Waals surface area contributed by atoms with E-state index in [9.17, 15) is 0 Å². The molecule has 0 fully saturated rings. The highest BCUT2D eigenvalue weighted by Crippen LogP contribution is 2.44. The molecule has 0 aliphatic rings. The van der Waals surface area contributed by atoms with Gasteiger partial charge in [-0.2, -0.15) is 0 Å². The summed E-state index contributed by atoms with van der Waals surface area (Å²) in [5.74, 6) is 0. The van der Waals surface area contributed by atoms with E-state index in [0.29, 0.717) is 0 Å². The first-order chi connectivity index (χ1) is 27.2. The van der Waals surface area contributed by atoms with Crippen LogP contribution in [0.25, 0.3) is 86.3 Å². The molecule has 0 unspecified atom stereocenters. The first kappa shape index (κ1) is 31.6. The Balaban J connectivity index is 1.01. The van der Waals surface area contributed by atoms with Gasteiger partial charge in [0.05, 0.1) is 0 Å². The highest BCUT2D eigenvalue weighted by Gasteiger charge is 2.17. The van der Waals surface area contributed by atoms with Gasteiger partial charge in [0.2, 0.25) is 0 Å². The maximum Gasteiger partial charge on any atom is 0.143 e. The van der Waals surface area contributed by atoms with Gasteiger partial charge in [-0.1, -0.05) is 146 Å². The Hall–Kier alpha value is -6.94. The number of benzene rings is 9. The number of fused-ring (bicyclic) bond motifs is 8. The van der Waals surface area contributed by atoms with Gasteiger partial charge in [-0.3, -0.25) is 0 Å². The molecule has 0 aliphatic heterocycles. The van der Waals surface area contributed by atoms with Crippen molar-refractivity contribution in [1.29, 1.82) is 0 Å². The molecule has 2 aromatic heterocycles. The maximum absolute atomic E-state index is 6.48. The fourth-order valence-corrected chi connectivity index (χ4v) is 9.36. The monoisotopic (exact) mass is 719 g/mol. The highest BCUT2D eigenvalue weighted by molar-refractivity contribution is 7.26. The first-order valence-electron chi connectivity index (χ1n) is 18.7. The van der Waals surface area contributed by atoms with E-state index in [4.69, 9.17) is 4.42 Å². The summed E-state index contributed by atoms with van der Waals surface area (Å²) in [6.07, 6.45) is 0. The summed E-state index contributed by atoms with van der Waals surface area (Å²) in [5.41, 5.74) is 12.1. The highest BCUT2D eigenvalue weighted by atomic mass is 32.1. The summed E-state index contributed by atoms with van der Waals surface area (Å²) >= 11 is 1.88. The van der Waals surface area contributed by atoms with Gasteiger partial charge in [0.1, 0.15) is 11.2 Å². The lowest BCUT2D eigenvalue weighted by atomic mass is 10.00. The number of nitrogens with zero attached hydrogens (tertiary/aromatic N) is 1. The quantitative estimate of drug-likeness (QED) is 0.170. The van der Waals surface area contributed by atoms with Crippen LogP contribution in [0.4, 0.5) is 17.1 Å². The van der Waals surface area contributed by atoms with Crippen LogP contribution in [-0.2, 0) is 0 Å². The van der Waals surface area contributed by atoms with E-state index in [1.807, 2.05) is 17.4 Å². The average Bonchev–Trinajstić information content (AvgIpc) is 3.83. The minimum atomic E-state index is 0.896. The van der Waals surface area contributed by atoms with Crippen LogP contribution in [0.5, 0.6) is 0 Å². The van der Waals surface area contributed by atoms with Crippen molar-refractivity contribution in [2.75, 3.05) is 4.90 Å². The van der Waals surface area contributed by atoms with Gasteiger partial charge in [0.25, 0.3) is 0 Å². The van der Waals surface area contributed by atoms with Crippen LogP contribution in [0.2, 0.25) is 0 Å². The molecule has 2 nitrogen and oxygen atoms in total. The van der Waals surface area contributed by atoms with Crippen molar-refractivity contribution in [3.8, 4) is 33.4 Å². The second-order valence-corrected chi connectivity index (χ2v) is 15.2. The summed E-state index contributed by atoms with van der Waals surface area (Å²) < 4.78 is 9.11. The van der Waals surface area contributed by atoms with Crippen molar-refractivity contribution in [1.82, 2.24) is 0 Å². The van der Waals surface area contributed by atoms with Gasteiger partial charge >= 0.3 is 0 Å². The lowest BCUT2D eigenvalue weighted by Crippen LogP contribution is -2.09. The molecular weight excluding hydrogens is 687 g/mol. The van der Waals surface area contributed by atoms with Crippen molar-refractivity contribution >= 4 is 81.3 Å². The molecule has 0 atom stereocenters. The predicted molar refractivity (Wildman–Crippen MR) is 235 cm³/mol. The number of furan rings is 1. The molecule has 0 aliphatic carbocycles. The van der Waals surface area contributed by atoms with Crippen LogP contribution in [0.15, 0.2) is 205 Å². The molecular formula is C52H33NOS. The van der Waals surface area contributed by atoms with Crippen LogP contribution < -0.4 is 4.90 Å². The second kappa shape index (κ2) is 12.9. The number of anilines is 3. The fraction of sp³-hybridized carbons (Fsp3) is 0. The van der Waals surface area contributed by atoms with Gasteiger partial charge in [-0.05, 0) is 93.2 Å². The van der Waals surface area contributed by atoms with E-state index in [0.717, 1.165) is 61.3 Å². The number of hydrogen-bond donors (Lipinski definition) is 0. The minimum Gasteiger partial charge on any atom is -0.455 e. The molecule has 0 saturated heterocycles. The Morgan fingerprint density at radius 2 is 0.982 bits per heavy atom. The molecule has 0 amide bonds. The van der Waals surface area contributed by atoms with Crippen LogP contribution in [0.3, 0.4) is 0 Å². The molecule has 258 valence electrons. The molecule has 0 radical (unpaired) electrons. The average molecular weight is 720 g/mol. The molecule has 0 spiro atoms. The maximum atomic E-state index is 6.48. The Kier molecular flexibility index (Phi) is 7.39. The standard InChI is InChI=1S/C52H33NOS/c1-3-10-34(11-4-1)35-18-24-40(25-19-35)53(42-28-31-50-48(33-42)46-29-22-38-14-7-8-15-44(38)52(46)55-50)41-26-20-36(21-27-41)39-23-30-49-47(32-39)45-17-9-16-43(51(45)54-49)37-12-5-2-6-13-37/h1-33H. The van der Waals surface area contributed by atoms with Crippen LogP contribution in [0.1, 0.15) is 0 Å². The van der Waals surface area contributed by atoms with Gasteiger partial charge in [-0.15, -0.1) is 11.3 Å². The molecule has 55 heavy (non-hydrogen) atoms. The Morgan fingerprint density at radius 3 is 1.75 bits per heavy atom. The third kappa shape index (κ3) is 5.40. The second-order valence-electron chi connectivity index (χ2n) is 14.1. The van der Waals surface area contributed by atoms with Gasteiger partial charge < -0.3 is 9.32 Å². The van der Waals surface area contributed by atoms with Crippen molar-refractivity contribution in [3.05, 3.63) is 200 Å². The first-order valence-corrected chi connectivity index (χ1v) is 19.5. The Morgan fingerprint density at radius 1 is 0.364 bits per heavy atom. The van der Waals surface area contributed by atoms with E-state index < -0.39 is 0 Å². The van der Waals surface area contributed by atoms with E-state index in [-0.39, 0.29) is 0 Å². The summed E-state index contributed by atoms with van der Waals surface area (Å²) in [5, 5.41) is 7.42. The largest absolute Gasteiger partial charge is 0.455 e. The molecule has 11 aromatic rings. The SMILES string of the molecule is c1ccc(-c2ccc(N(c3ccc(-c4ccc5oc6c(-c7ccccc7)cccc6c5c4)cc3)c3ccc4sc5c6ccccc6ccc5c4c3)cc2)cc1. The number of thiophene rings is 1. The number of rotatable bonds is 6. The summed E-state index contributed by atoms with van der Waals surface area (Å²) in [6, 6.07) is 72.1. The summed E-state index contributed by atoms with van der Waals surface area (Å²) in [7, 11) is 0. The van der Waals surface area contributed by atoms with Crippen LogP contribution >= 0.6 is 11.3 Å². The van der Waals surface area contributed by atoms with Crippen LogP contribution in [-0.4, -0.2) is 0 Å². The molecule has 0 bridgehead atoms. The minimum absolute atomic E-state index is 0.896. The van der Waals surface area contributed by atoms with E-state index >= 15 is 0 Å². The van der Waals surface area contributed by atoms with Gasteiger partial charge in [-0.25, -0.2) is 0 Å². The lowest BCUT2D eigenvalue weighted by Gasteiger charge is -2.26. The van der Waals surface area contributed by atoms with E-state index in [2.05, 4.69) is 199 Å². The third-order valence-electron chi connectivity index (χ3n) is 10.9. The fourth-order valence-electron chi connectivity index (χ4n) is 8.14. The smallest absolute Gasteiger partial charge is 0.143 e. The van der Waals surface area contributed by atoms with E-state index in [1.165, 1.54) is 42.1 Å². The van der Waals surface area contributed by atoms with Crippen molar-refractivity contribution in [2.45, 2.75) is 0 Å². The zero-order chi connectivity index (χ0) is 36.3. The van der Waals surface area contributed by atoms with Crippen molar-refractivity contribution in [3.63, 3.8) is 0 Å². The van der Waals surface area contributed by atoms with Crippen LogP contribution in [0, 0.1) is 0 Å². The molecule has 0 saturated carbocycles. The summed E-state index contributed by atoms with van der Waals surface area (Å²) in [6.45, 7) is 0. The third-order valence-corrected chi connectivity index (χ3v) is 12.1. The molecule has 9 aromatic carbocycles. The number of hydrogen-bond acceptors (Lipinski definition) is 3. The normalized spacial score (nSPS) is 11.6. The van der Waals surface area contributed by atoms with E-state index in [1.54, 1.807) is 0 Å². The molecule has 2 heterocycles. The molecule has 0 N–H and O–H groups in total. The van der Waals surface area contributed by atoms with Crippen molar-refractivity contribution in [2.24, 2.45) is 0 Å². The summed E-state index contributed by atoms with van der Waals surface area (Å²) in [4.78, 5) is 2.38. The molecule has 3 heteroatoms. The number of para-hydroxylation sites is 1. The zero-order valence-electron chi connectivity index (χ0n) is 29.8. The van der Waals surface area contributed by atoms with Crippen molar-refractivity contribution < 1.29 is 4.42 Å². The Labute approximate surface area is 322 Å². The molecule has 11 rings (SSSR count). The Bertz CT molecular complexity index is 3180.